The molecule has 0 heterocycles. The van der Waals surface area contributed by atoms with E-state index in [-0.39, 0.29) is 6.61 Å². The minimum absolute atomic E-state index is 0.246. The number of hydrogen-bond acceptors (Lipinski definition) is 4. The molecule has 0 bridgehead atoms. The lowest BCUT2D eigenvalue weighted by Gasteiger charge is -2.04. The predicted molar refractivity (Wildman–Crippen MR) is 51.6 cm³/mol. The van der Waals surface area contributed by atoms with Crippen molar-refractivity contribution in [2.24, 2.45) is 5.73 Å². The van der Waals surface area contributed by atoms with E-state index in [1.807, 2.05) is 0 Å². The Morgan fingerprint density at radius 3 is 2.00 bits per heavy atom. The van der Waals surface area contributed by atoms with Crippen LogP contribution in [0.4, 0.5) is 0 Å². The van der Waals surface area contributed by atoms with Crippen LogP contribution in [-0.2, 0) is 9.47 Å². The molecule has 0 amide bonds. The summed E-state index contributed by atoms with van der Waals surface area (Å²) in [5.74, 6) is 0. The molecular formula is C9H21NO3. The number of hydrogen-bond donors (Lipinski definition) is 2. The molecule has 0 saturated carbocycles. The molecule has 0 atom stereocenters. The van der Waals surface area contributed by atoms with E-state index in [0.717, 1.165) is 25.9 Å². The molecule has 0 fully saturated rings. The van der Waals surface area contributed by atoms with Gasteiger partial charge in [-0.3, -0.25) is 0 Å². The van der Waals surface area contributed by atoms with Gasteiger partial charge in [-0.25, -0.2) is 0 Å². The molecule has 0 spiro atoms. The first-order valence-corrected chi connectivity index (χ1v) is 4.88. The van der Waals surface area contributed by atoms with Crippen molar-refractivity contribution in [3.63, 3.8) is 0 Å². The summed E-state index contributed by atoms with van der Waals surface area (Å²) >= 11 is 0. The molecular weight excluding hydrogens is 170 g/mol. The van der Waals surface area contributed by atoms with Crippen LogP contribution in [0.5, 0.6) is 0 Å². The van der Waals surface area contributed by atoms with Gasteiger partial charge in [0.1, 0.15) is 0 Å². The van der Waals surface area contributed by atoms with Gasteiger partial charge >= 0.3 is 0 Å². The maximum absolute atomic E-state index is 8.47. The van der Waals surface area contributed by atoms with Crippen LogP contribution in [0.1, 0.15) is 19.3 Å². The van der Waals surface area contributed by atoms with Gasteiger partial charge in [-0.1, -0.05) is 0 Å². The quantitative estimate of drug-likeness (QED) is 0.482. The number of ether oxygens (including phenoxy) is 2. The Labute approximate surface area is 80.0 Å². The zero-order chi connectivity index (χ0) is 9.78. The molecule has 0 aliphatic carbocycles. The van der Waals surface area contributed by atoms with Gasteiger partial charge in [-0.05, 0) is 25.8 Å². The number of unbranched alkanes of at least 4 members (excludes halogenated alkanes) is 1. The van der Waals surface area contributed by atoms with E-state index < -0.39 is 0 Å². The summed E-state index contributed by atoms with van der Waals surface area (Å²) in [7, 11) is 0. The van der Waals surface area contributed by atoms with Crippen molar-refractivity contribution < 1.29 is 14.6 Å². The molecule has 13 heavy (non-hydrogen) atoms. The molecule has 0 saturated heterocycles. The highest BCUT2D eigenvalue weighted by Gasteiger charge is 1.90. The van der Waals surface area contributed by atoms with E-state index in [4.69, 9.17) is 20.3 Å². The maximum atomic E-state index is 8.47. The Hall–Kier alpha value is -0.160. The molecule has 3 N–H and O–H groups in total. The second-order valence-corrected chi connectivity index (χ2v) is 2.80. The highest BCUT2D eigenvalue weighted by molar-refractivity contribution is 4.38. The molecule has 0 radical (unpaired) electrons. The fraction of sp³-hybridized carbons (Fsp3) is 1.00. The van der Waals surface area contributed by atoms with Crippen molar-refractivity contribution in [2.75, 3.05) is 39.6 Å². The Bertz CT molecular complexity index is 80.9. The van der Waals surface area contributed by atoms with Crippen LogP contribution in [0.2, 0.25) is 0 Å². The molecule has 0 rings (SSSR count). The van der Waals surface area contributed by atoms with Gasteiger partial charge in [0.15, 0.2) is 0 Å². The zero-order valence-corrected chi connectivity index (χ0v) is 8.21. The summed E-state index contributed by atoms with van der Waals surface area (Å²) in [6.45, 7) is 3.63. The normalized spacial score (nSPS) is 10.6. The lowest BCUT2D eigenvalue weighted by molar-refractivity contribution is 0.0450. The monoisotopic (exact) mass is 191 g/mol. The largest absolute Gasteiger partial charge is 0.396 e. The minimum Gasteiger partial charge on any atom is -0.396 e. The van der Waals surface area contributed by atoms with Crippen LogP contribution in [0, 0.1) is 0 Å². The van der Waals surface area contributed by atoms with Crippen molar-refractivity contribution >= 4 is 0 Å². The lowest BCUT2D eigenvalue weighted by Crippen LogP contribution is -2.09. The second kappa shape index (κ2) is 11.8. The van der Waals surface area contributed by atoms with Gasteiger partial charge in [-0.15, -0.1) is 0 Å². The van der Waals surface area contributed by atoms with Gasteiger partial charge in [0, 0.05) is 19.8 Å². The van der Waals surface area contributed by atoms with Crippen molar-refractivity contribution in [1.82, 2.24) is 0 Å². The van der Waals surface area contributed by atoms with Gasteiger partial charge < -0.3 is 20.3 Å². The number of aliphatic hydroxyl groups is 1. The van der Waals surface area contributed by atoms with Crippen LogP contribution < -0.4 is 5.73 Å². The van der Waals surface area contributed by atoms with Crippen LogP contribution in [0.3, 0.4) is 0 Å². The Balaban J connectivity index is 2.76. The third kappa shape index (κ3) is 11.8. The van der Waals surface area contributed by atoms with Crippen LogP contribution in [0.15, 0.2) is 0 Å². The summed E-state index contributed by atoms with van der Waals surface area (Å²) in [5, 5.41) is 8.47. The van der Waals surface area contributed by atoms with E-state index in [0.29, 0.717) is 26.4 Å². The molecule has 0 aliphatic heterocycles. The first-order chi connectivity index (χ1) is 6.41. The summed E-state index contributed by atoms with van der Waals surface area (Å²) in [4.78, 5) is 0. The molecule has 0 aliphatic rings. The third-order valence-corrected chi connectivity index (χ3v) is 1.56. The Morgan fingerprint density at radius 1 is 0.846 bits per heavy atom. The van der Waals surface area contributed by atoms with E-state index in [1.165, 1.54) is 0 Å². The molecule has 4 heteroatoms. The summed E-state index contributed by atoms with van der Waals surface area (Å²) < 4.78 is 10.5. The van der Waals surface area contributed by atoms with E-state index in [2.05, 4.69) is 0 Å². The smallest absolute Gasteiger partial charge is 0.0700 e. The lowest BCUT2D eigenvalue weighted by atomic mass is 10.3. The molecule has 0 aromatic rings. The summed E-state index contributed by atoms with van der Waals surface area (Å²) in [6, 6.07) is 0. The zero-order valence-electron chi connectivity index (χ0n) is 8.21. The van der Waals surface area contributed by atoms with Crippen molar-refractivity contribution in [3.8, 4) is 0 Å². The maximum Gasteiger partial charge on any atom is 0.0700 e. The molecule has 0 unspecified atom stereocenters. The molecule has 4 nitrogen and oxygen atoms in total. The van der Waals surface area contributed by atoms with Crippen LogP contribution in [-0.4, -0.2) is 44.7 Å². The Morgan fingerprint density at radius 2 is 1.46 bits per heavy atom. The first kappa shape index (κ1) is 12.8. The highest BCUT2D eigenvalue weighted by atomic mass is 16.5. The standard InChI is InChI=1S/C9H21NO3/c10-4-3-7-13-9-8-12-6-2-1-5-11/h11H,1-10H2. The molecule has 80 valence electrons. The van der Waals surface area contributed by atoms with Crippen LogP contribution >= 0.6 is 0 Å². The average Bonchev–Trinajstić information content (AvgIpc) is 2.16. The Kier molecular flexibility index (Phi) is 11.7. The highest BCUT2D eigenvalue weighted by Crippen LogP contribution is 1.88. The fourth-order valence-electron chi connectivity index (χ4n) is 0.823. The van der Waals surface area contributed by atoms with Crippen molar-refractivity contribution in [2.45, 2.75) is 19.3 Å². The van der Waals surface area contributed by atoms with Crippen LogP contribution in [0.25, 0.3) is 0 Å². The van der Waals surface area contributed by atoms with E-state index in [1.54, 1.807) is 0 Å². The number of nitrogens with two attached hydrogens (primary N) is 1. The summed E-state index contributed by atoms with van der Waals surface area (Å²) in [5.41, 5.74) is 5.29. The molecule has 0 aromatic carbocycles. The van der Waals surface area contributed by atoms with Crippen molar-refractivity contribution in [3.05, 3.63) is 0 Å². The summed E-state index contributed by atoms with van der Waals surface area (Å²) in [6.07, 6.45) is 2.64. The van der Waals surface area contributed by atoms with E-state index >= 15 is 0 Å². The average molecular weight is 191 g/mol. The first-order valence-electron chi connectivity index (χ1n) is 4.88. The van der Waals surface area contributed by atoms with Gasteiger partial charge in [-0.2, -0.15) is 0 Å². The number of rotatable bonds is 10. The van der Waals surface area contributed by atoms with E-state index in [9.17, 15) is 0 Å². The van der Waals surface area contributed by atoms with Gasteiger partial charge in [0.2, 0.25) is 0 Å². The SMILES string of the molecule is NCCCOCCOCCCCO. The van der Waals surface area contributed by atoms with Crippen molar-refractivity contribution in [1.29, 1.82) is 0 Å². The van der Waals surface area contributed by atoms with Gasteiger partial charge in [0.25, 0.3) is 0 Å². The third-order valence-electron chi connectivity index (χ3n) is 1.56. The predicted octanol–water partition coefficient (Wildman–Crippen LogP) is 0.141. The fourth-order valence-corrected chi connectivity index (χ4v) is 0.823. The second-order valence-electron chi connectivity index (χ2n) is 2.80. The number of aliphatic hydroxyl groups excluding tert-OH is 1. The van der Waals surface area contributed by atoms with Gasteiger partial charge in [0.05, 0.1) is 13.2 Å². The topological polar surface area (TPSA) is 64.7 Å². The minimum atomic E-state index is 0.246. The molecule has 0 aromatic heterocycles.